The molecule has 0 atom stereocenters. The third-order valence-corrected chi connectivity index (χ3v) is 5.27. The molecule has 105 valence electrons. The zero-order chi connectivity index (χ0) is 15.4. The molecule has 5 aromatic rings. The van der Waals surface area contributed by atoms with Gasteiger partial charge in [0.2, 0.25) is 0 Å². The van der Waals surface area contributed by atoms with Gasteiger partial charge < -0.3 is 0 Å². The molecule has 0 unspecified atom stereocenters. The van der Waals surface area contributed by atoms with Gasteiger partial charge in [-0.25, -0.2) is 0 Å². The molecule has 0 aromatic heterocycles. The fourth-order valence-corrected chi connectivity index (χ4v) is 4.01. The average Bonchev–Trinajstić information content (AvgIpc) is 2.60. The van der Waals surface area contributed by atoms with Crippen LogP contribution in [0.5, 0.6) is 0 Å². The fraction of sp³-hybridized carbons (Fsp3) is 0. The van der Waals surface area contributed by atoms with Crippen molar-refractivity contribution in [1.29, 1.82) is 0 Å². The van der Waals surface area contributed by atoms with Gasteiger partial charge in [0, 0.05) is 0 Å². The van der Waals surface area contributed by atoms with Gasteiger partial charge in [0.05, 0.1) is 10.2 Å². The van der Waals surface area contributed by atoms with Crippen molar-refractivity contribution in [3.63, 3.8) is 0 Å². The summed E-state index contributed by atoms with van der Waals surface area (Å²) >= 11 is 0. The normalized spacial score (nSPS) is 11.7. The molecule has 0 saturated heterocycles. The molecule has 0 heterocycles. The molecular weight excluding hydrogens is 292 g/mol. The molecule has 3 radical (unpaired) electrons. The van der Waals surface area contributed by atoms with E-state index in [9.17, 15) is 0 Å². The smallest absolute Gasteiger partial charge is 0.0616 e. The van der Waals surface area contributed by atoms with E-state index in [1.54, 1.807) is 0 Å². The third kappa shape index (κ3) is 1.84. The van der Waals surface area contributed by atoms with Crippen LogP contribution >= 0.6 is 0 Å². The average molecular weight is 305 g/mol. The summed E-state index contributed by atoms with van der Waals surface area (Å²) in [5, 5.41) is 11.5. The lowest BCUT2D eigenvalue weighted by atomic mass is 9.96. The minimum Gasteiger partial charge on any atom is -0.0616 e. The number of fused-ring (bicyclic) bond motifs is 5. The lowest BCUT2D eigenvalue weighted by Gasteiger charge is -2.11. The second kappa shape index (κ2) is 4.67. The van der Waals surface area contributed by atoms with Gasteiger partial charge in [-0.05, 0) is 61.3 Å². The van der Waals surface area contributed by atoms with Crippen molar-refractivity contribution < 1.29 is 0 Å². The van der Waals surface area contributed by atoms with Crippen LogP contribution in [0.25, 0.3) is 43.1 Å². The lowest BCUT2D eigenvalue weighted by Crippen LogP contribution is -2.05. The van der Waals surface area contributed by atoms with Crippen molar-refractivity contribution in [2.75, 3.05) is 0 Å². The van der Waals surface area contributed by atoms with Crippen LogP contribution in [0.15, 0.2) is 78.9 Å². The largest absolute Gasteiger partial charge is 0.0729 e. The van der Waals surface area contributed by atoms with E-state index in [0.717, 1.165) is 0 Å². The SMILES string of the molecule is [Si]c1c2ccccc2cc2c1ccc1cc3ccccc3cc12. The van der Waals surface area contributed by atoms with Gasteiger partial charge in [-0.15, -0.1) is 0 Å². The first-order chi connectivity index (χ1) is 11.3. The highest BCUT2D eigenvalue weighted by atomic mass is 28.1. The topological polar surface area (TPSA) is 0 Å². The molecular formula is C22H13Si. The number of rotatable bonds is 0. The quantitative estimate of drug-likeness (QED) is 0.212. The minimum atomic E-state index is 1.17. The van der Waals surface area contributed by atoms with Gasteiger partial charge >= 0.3 is 0 Å². The Morgan fingerprint density at radius 3 is 1.87 bits per heavy atom. The lowest BCUT2D eigenvalue weighted by molar-refractivity contribution is 1.79. The summed E-state index contributed by atoms with van der Waals surface area (Å²) in [5.41, 5.74) is 0. The monoisotopic (exact) mass is 305 g/mol. The second-order valence-electron chi connectivity index (χ2n) is 6.05. The molecule has 0 N–H and O–H groups in total. The Labute approximate surface area is 137 Å². The van der Waals surface area contributed by atoms with Crippen molar-refractivity contribution in [1.82, 2.24) is 0 Å². The predicted molar refractivity (Wildman–Crippen MR) is 102 cm³/mol. The van der Waals surface area contributed by atoms with Crippen molar-refractivity contribution >= 4 is 58.5 Å². The molecule has 0 spiro atoms. The van der Waals surface area contributed by atoms with Crippen molar-refractivity contribution in [3.8, 4) is 0 Å². The molecule has 5 aromatic carbocycles. The van der Waals surface area contributed by atoms with Crippen LogP contribution in [-0.4, -0.2) is 10.2 Å². The Hall–Kier alpha value is -2.64. The summed E-state index contributed by atoms with van der Waals surface area (Å²) in [7, 11) is 3.88. The Kier molecular flexibility index (Phi) is 2.61. The maximum absolute atomic E-state index is 3.88. The van der Waals surface area contributed by atoms with Crippen LogP contribution in [0.1, 0.15) is 0 Å². The van der Waals surface area contributed by atoms with E-state index in [1.165, 1.54) is 48.3 Å². The Bertz CT molecular complexity index is 1220. The van der Waals surface area contributed by atoms with Gasteiger partial charge in [0.25, 0.3) is 0 Å². The van der Waals surface area contributed by atoms with Crippen LogP contribution in [-0.2, 0) is 0 Å². The highest BCUT2D eigenvalue weighted by Gasteiger charge is 2.07. The number of hydrogen-bond donors (Lipinski definition) is 0. The third-order valence-electron chi connectivity index (χ3n) is 4.73. The molecule has 0 aliphatic rings. The molecule has 1 heteroatoms. The fourth-order valence-electron chi connectivity index (χ4n) is 3.56. The number of benzene rings is 5. The summed E-state index contributed by atoms with van der Waals surface area (Å²) in [4.78, 5) is 0. The van der Waals surface area contributed by atoms with Gasteiger partial charge in [-0.1, -0.05) is 65.9 Å². The van der Waals surface area contributed by atoms with E-state index in [2.05, 4.69) is 89.1 Å². The highest BCUT2D eigenvalue weighted by Crippen LogP contribution is 2.31. The van der Waals surface area contributed by atoms with E-state index < -0.39 is 0 Å². The van der Waals surface area contributed by atoms with Crippen LogP contribution in [0.3, 0.4) is 0 Å². The molecule has 0 nitrogen and oxygen atoms in total. The second-order valence-corrected chi connectivity index (χ2v) is 6.55. The molecule has 0 aliphatic heterocycles. The Morgan fingerprint density at radius 1 is 0.435 bits per heavy atom. The summed E-state index contributed by atoms with van der Waals surface area (Å²) in [6, 6.07) is 28.4. The molecule has 0 aliphatic carbocycles. The summed E-state index contributed by atoms with van der Waals surface area (Å²) in [5.74, 6) is 0. The molecule has 0 bridgehead atoms. The van der Waals surface area contributed by atoms with E-state index in [4.69, 9.17) is 0 Å². The van der Waals surface area contributed by atoms with Crippen molar-refractivity contribution in [2.24, 2.45) is 0 Å². The van der Waals surface area contributed by atoms with E-state index >= 15 is 0 Å². The Balaban J connectivity index is 2.04. The molecule has 5 rings (SSSR count). The maximum Gasteiger partial charge on any atom is 0.0729 e. The standard InChI is InChI=1S/C22H13Si/c23-22-18-8-4-3-7-16(18)13-21-19(22)10-9-17-11-14-5-1-2-6-15(14)12-20(17)21/h1-13H. The van der Waals surface area contributed by atoms with Gasteiger partial charge in [-0.2, -0.15) is 0 Å². The van der Waals surface area contributed by atoms with Crippen molar-refractivity contribution in [3.05, 3.63) is 78.9 Å². The molecule has 0 saturated carbocycles. The minimum absolute atomic E-state index is 1.17. The molecule has 0 amide bonds. The van der Waals surface area contributed by atoms with Gasteiger partial charge in [0.1, 0.15) is 0 Å². The molecule has 23 heavy (non-hydrogen) atoms. The first-order valence-electron chi connectivity index (χ1n) is 7.80. The van der Waals surface area contributed by atoms with Crippen LogP contribution < -0.4 is 5.19 Å². The van der Waals surface area contributed by atoms with E-state index in [0.29, 0.717) is 0 Å². The highest BCUT2D eigenvalue weighted by molar-refractivity contribution is 6.46. The van der Waals surface area contributed by atoms with E-state index in [-0.39, 0.29) is 0 Å². The summed E-state index contributed by atoms with van der Waals surface area (Å²) in [6.45, 7) is 0. The van der Waals surface area contributed by atoms with Crippen LogP contribution in [0.4, 0.5) is 0 Å². The van der Waals surface area contributed by atoms with Crippen molar-refractivity contribution in [2.45, 2.75) is 0 Å². The zero-order valence-corrected chi connectivity index (χ0v) is 13.5. The summed E-state index contributed by atoms with van der Waals surface area (Å²) in [6.07, 6.45) is 0. The first-order valence-corrected chi connectivity index (χ1v) is 8.30. The van der Waals surface area contributed by atoms with E-state index in [1.807, 2.05) is 0 Å². The first kappa shape index (κ1) is 12.9. The zero-order valence-electron chi connectivity index (χ0n) is 12.5. The van der Waals surface area contributed by atoms with Gasteiger partial charge in [-0.3, -0.25) is 0 Å². The molecule has 0 fully saturated rings. The van der Waals surface area contributed by atoms with Crippen LogP contribution in [0, 0.1) is 0 Å². The summed E-state index contributed by atoms with van der Waals surface area (Å²) < 4.78 is 0. The number of hydrogen-bond acceptors (Lipinski definition) is 0. The predicted octanol–water partition coefficient (Wildman–Crippen LogP) is 5.09. The Morgan fingerprint density at radius 2 is 1.04 bits per heavy atom. The maximum atomic E-state index is 3.88. The van der Waals surface area contributed by atoms with Crippen LogP contribution in [0.2, 0.25) is 0 Å². The van der Waals surface area contributed by atoms with Gasteiger partial charge in [0.15, 0.2) is 0 Å².